The van der Waals surface area contributed by atoms with Crippen molar-refractivity contribution in [3.63, 3.8) is 0 Å². The second kappa shape index (κ2) is 11.5. The largest absolute Gasteiger partial charge is 0.497 e. The van der Waals surface area contributed by atoms with Crippen LogP contribution in [0.15, 0.2) is 101 Å². The molecule has 0 spiro atoms. The normalized spacial score (nSPS) is 10.6. The minimum Gasteiger partial charge on any atom is -0.497 e. The van der Waals surface area contributed by atoms with E-state index in [0.717, 1.165) is 6.07 Å². The van der Waals surface area contributed by atoms with Crippen molar-refractivity contribution in [3.8, 4) is 34.3 Å². The minimum atomic E-state index is -0.518. The number of hydrogen-bond acceptors (Lipinski definition) is 6. The number of anilines is 2. The Labute approximate surface area is 229 Å². The molecule has 4 aromatic carbocycles. The van der Waals surface area contributed by atoms with Crippen LogP contribution in [0.25, 0.3) is 22.8 Å². The number of carbonyl (C=O) groups is 2. The number of rotatable bonds is 8. The summed E-state index contributed by atoms with van der Waals surface area (Å²) in [5.41, 5.74) is 2.38. The first-order chi connectivity index (χ1) is 19.4. The highest BCUT2D eigenvalue weighted by Gasteiger charge is 2.24. The van der Waals surface area contributed by atoms with Crippen molar-refractivity contribution in [2.24, 2.45) is 0 Å². The lowest BCUT2D eigenvalue weighted by atomic mass is 10.1. The fourth-order valence-corrected chi connectivity index (χ4v) is 4.01. The average molecular weight is 538 g/mol. The molecule has 0 saturated heterocycles. The molecule has 5 rings (SSSR count). The van der Waals surface area contributed by atoms with Gasteiger partial charge in [0.25, 0.3) is 11.8 Å². The van der Waals surface area contributed by atoms with Crippen molar-refractivity contribution in [1.82, 2.24) is 4.98 Å². The van der Waals surface area contributed by atoms with Gasteiger partial charge >= 0.3 is 0 Å². The minimum absolute atomic E-state index is 0.0558. The summed E-state index contributed by atoms with van der Waals surface area (Å²) in [6.45, 7) is 0. The number of benzene rings is 4. The first-order valence-electron chi connectivity index (χ1n) is 12.2. The maximum Gasteiger partial charge on any atom is 0.278 e. The van der Waals surface area contributed by atoms with Gasteiger partial charge in [-0.3, -0.25) is 9.59 Å². The summed E-state index contributed by atoms with van der Waals surface area (Å²) >= 11 is 0. The zero-order valence-electron chi connectivity index (χ0n) is 21.6. The summed E-state index contributed by atoms with van der Waals surface area (Å²) in [5, 5.41) is 5.57. The summed E-state index contributed by atoms with van der Waals surface area (Å²) < 4.78 is 30.3. The molecule has 5 aromatic rings. The molecule has 0 bridgehead atoms. The van der Waals surface area contributed by atoms with Crippen LogP contribution in [0.4, 0.5) is 15.8 Å². The molecule has 1 aromatic heterocycles. The molecule has 0 unspecified atom stereocenters. The van der Waals surface area contributed by atoms with E-state index in [4.69, 9.17) is 13.9 Å². The highest BCUT2D eigenvalue weighted by molar-refractivity contribution is 6.08. The van der Waals surface area contributed by atoms with Gasteiger partial charge in [0.05, 0.1) is 19.9 Å². The summed E-state index contributed by atoms with van der Waals surface area (Å²) in [7, 11) is 3.03. The second-order valence-electron chi connectivity index (χ2n) is 8.62. The Balaban J connectivity index is 1.46. The standard InChI is InChI=1S/C31H24FN3O5/c1-38-24-15-16-26(39-2)25(18-24)34-30(37)27-28(40-31(35-27)20-7-4-3-5-8-20)19-11-13-23(14-12-19)33-29(36)21-9-6-10-22(32)17-21/h3-18H,1-2H3,(H,33,36)(H,34,37). The number of nitrogens with zero attached hydrogens (tertiary/aromatic N) is 1. The lowest BCUT2D eigenvalue weighted by molar-refractivity contribution is 0.101. The number of hydrogen-bond donors (Lipinski definition) is 2. The maximum atomic E-state index is 13.5. The summed E-state index contributed by atoms with van der Waals surface area (Å²) in [4.78, 5) is 30.5. The number of ether oxygens (including phenoxy) is 2. The van der Waals surface area contributed by atoms with Crippen LogP contribution in [0.2, 0.25) is 0 Å². The maximum absolute atomic E-state index is 13.5. The SMILES string of the molecule is COc1ccc(OC)c(NC(=O)c2nc(-c3ccccc3)oc2-c2ccc(NC(=O)c3cccc(F)c3)cc2)c1. The van der Waals surface area contributed by atoms with Crippen LogP contribution >= 0.6 is 0 Å². The molecular formula is C31H24FN3O5. The van der Waals surface area contributed by atoms with Crippen LogP contribution < -0.4 is 20.1 Å². The number of nitrogens with one attached hydrogen (secondary N) is 2. The van der Waals surface area contributed by atoms with Gasteiger partial charge < -0.3 is 24.5 Å². The van der Waals surface area contributed by atoms with Gasteiger partial charge in [-0.25, -0.2) is 9.37 Å². The first-order valence-corrected chi connectivity index (χ1v) is 12.2. The molecule has 40 heavy (non-hydrogen) atoms. The Morgan fingerprint density at radius 1 is 0.775 bits per heavy atom. The zero-order valence-corrected chi connectivity index (χ0v) is 21.6. The summed E-state index contributed by atoms with van der Waals surface area (Å²) in [5.74, 6) is 0.0164. The fraction of sp³-hybridized carbons (Fsp3) is 0.0645. The van der Waals surface area contributed by atoms with E-state index in [-0.39, 0.29) is 22.9 Å². The highest BCUT2D eigenvalue weighted by Crippen LogP contribution is 2.33. The third-order valence-electron chi connectivity index (χ3n) is 6.01. The van der Waals surface area contributed by atoms with Crippen LogP contribution in [0, 0.1) is 5.82 Å². The van der Waals surface area contributed by atoms with Gasteiger partial charge in [-0.2, -0.15) is 0 Å². The Morgan fingerprint density at radius 2 is 1.55 bits per heavy atom. The molecule has 0 aliphatic rings. The van der Waals surface area contributed by atoms with E-state index in [1.807, 2.05) is 30.3 Å². The Bertz CT molecular complexity index is 1670. The van der Waals surface area contributed by atoms with Crippen molar-refractivity contribution >= 4 is 23.2 Å². The topological polar surface area (TPSA) is 103 Å². The van der Waals surface area contributed by atoms with E-state index in [1.165, 1.54) is 32.4 Å². The van der Waals surface area contributed by atoms with Crippen LogP contribution in [-0.4, -0.2) is 31.0 Å². The molecule has 9 heteroatoms. The van der Waals surface area contributed by atoms with Crippen molar-refractivity contribution in [1.29, 1.82) is 0 Å². The van der Waals surface area contributed by atoms with Gasteiger partial charge in [0.15, 0.2) is 11.5 Å². The molecule has 1 heterocycles. The van der Waals surface area contributed by atoms with Crippen molar-refractivity contribution in [3.05, 3.63) is 114 Å². The van der Waals surface area contributed by atoms with Gasteiger partial charge in [0.2, 0.25) is 5.89 Å². The van der Waals surface area contributed by atoms with Gasteiger partial charge in [-0.15, -0.1) is 0 Å². The average Bonchev–Trinajstić information content (AvgIpc) is 3.44. The van der Waals surface area contributed by atoms with Crippen LogP contribution in [0.1, 0.15) is 20.8 Å². The Kier molecular flexibility index (Phi) is 7.54. The second-order valence-corrected chi connectivity index (χ2v) is 8.62. The number of aromatic nitrogens is 1. The molecule has 0 fully saturated rings. The molecule has 0 aliphatic carbocycles. The molecule has 200 valence electrons. The third-order valence-corrected chi connectivity index (χ3v) is 6.01. The quantitative estimate of drug-likeness (QED) is 0.229. The van der Waals surface area contributed by atoms with Crippen molar-refractivity contribution < 1.29 is 27.9 Å². The van der Waals surface area contributed by atoms with E-state index >= 15 is 0 Å². The number of methoxy groups -OCH3 is 2. The molecule has 2 amide bonds. The fourth-order valence-electron chi connectivity index (χ4n) is 4.01. The van der Waals surface area contributed by atoms with Crippen LogP contribution in [0.3, 0.4) is 0 Å². The monoisotopic (exact) mass is 537 g/mol. The molecule has 0 radical (unpaired) electrons. The Hall–Kier alpha value is -5.44. The van der Waals surface area contributed by atoms with E-state index in [2.05, 4.69) is 15.6 Å². The molecular weight excluding hydrogens is 513 g/mol. The number of halogens is 1. The zero-order chi connectivity index (χ0) is 28.1. The summed E-state index contributed by atoms with van der Waals surface area (Å²) in [6.07, 6.45) is 0. The van der Waals surface area contributed by atoms with Crippen molar-refractivity contribution in [2.75, 3.05) is 24.9 Å². The predicted molar refractivity (Wildman–Crippen MR) is 149 cm³/mol. The van der Waals surface area contributed by atoms with Gasteiger partial charge in [-0.05, 0) is 66.7 Å². The van der Waals surface area contributed by atoms with Crippen molar-refractivity contribution in [2.45, 2.75) is 0 Å². The van der Waals surface area contributed by atoms with E-state index in [0.29, 0.717) is 34.0 Å². The third kappa shape index (κ3) is 5.68. The number of oxazole rings is 1. The first kappa shape index (κ1) is 26.2. The predicted octanol–water partition coefficient (Wildman–Crippen LogP) is 6.67. The van der Waals surface area contributed by atoms with Crippen LogP contribution in [0.5, 0.6) is 11.5 Å². The van der Waals surface area contributed by atoms with Gasteiger partial charge in [-0.1, -0.05) is 24.3 Å². The lowest BCUT2D eigenvalue weighted by Crippen LogP contribution is -2.14. The van der Waals surface area contributed by atoms with E-state index in [1.54, 1.807) is 42.5 Å². The summed E-state index contributed by atoms with van der Waals surface area (Å²) in [6, 6.07) is 26.4. The van der Waals surface area contributed by atoms with E-state index in [9.17, 15) is 14.0 Å². The van der Waals surface area contributed by atoms with Crippen LogP contribution in [-0.2, 0) is 0 Å². The smallest absolute Gasteiger partial charge is 0.278 e. The molecule has 0 atom stereocenters. The number of carbonyl (C=O) groups excluding carboxylic acids is 2. The molecule has 8 nitrogen and oxygen atoms in total. The van der Waals surface area contributed by atoms with Gasteiger partial charge in [0.1, 0.15) is 17.3 Å². The Morgan fingerprint density at radius 3 is 2.25 bits per heavy atom. The number of amides is 2. The van der Waals surface area contributed by atoms with E-state index < -0.39 is 17.6 Å². The van der Waals surface area contributed by atoms with Gasteiger partial charge in [0, 0.05) is 28.4 Å². The molecule has 0 aliphatic heterocycles. The molecule has 2 N–H and O–H groups in total. The highest BCUT2D eigenvalue weighted by atomic mass is 19.1. The molecule has 0 saturated carbocycles. The lowest BCUT2D eigenvalue weighted by Gasteiger charge is -2.11.